The monoisotopic (exact) mass is 480 g/mol. The maximum atomic E-state index is 12.7. The zero-order chi connectivity index (χ0) is 23.1. The minimum atomic E-state index is -0.391. The number of hydrogen-bond acceptors (Lipinski definition) is 5. The molecule has 1 aliphatic rings. The van der Waals surface area contributed by atoms with Crippen molar-refractivity contribution in [1.82, 2.24) is 9.80 Å². The molecule has 0 aromatic heterocycles. The van der Waals surface area contributed by atoms with E-state index in [1.807, 2.05) is 31.3 Å². The van der Waals surface area contributed by atoms with E-state index in [1.54, 1.807) is 37.3 Å². The van der Waals surface area contributed by atoms with Gasteiger partial charge in [0.05, 0.1) is 23.7 Å². The Labute approximate surface area is 199 Å². The fraction of sp³-hybridized carbons (Fsp3) is 0.458. The molecule has 174 valence electrons. The van der Waals surface area contributed by atoms with Gasteiger partial charge in [0, 0.05) is 39.9 Å². The van der Waals surface area contributed by atoms with Gasteiger partial charge in [0.15, 0.2) is 0 Å². The quantitative estimate of drug-likeness (QED) is 0.527. The third-order valence-corrected chi connectivity index (χ3v) is 6.67. The van der Waals surface area contributed by atoms with Crippen molar-refractivity contribution in [2.24, 2.45) is 0 Å². The summed E-state index contributed by atoms with van der Waals surface area (Å²) in [6, 6.07) is 13.0. The topological polar surface area (TPSA) is 51.2 Å². The molecule has 1 aliphatic heterocycles. The minimum Gasteiger partial charge on any atom is -0.497 e. The Morgan fingerprint density at radius 3 is 2.47 bits per heavy atom. The zero-order valence-electron chi connectivity index (χ0n) is 18.8. The van der Waals surface area contributed by atoms with Crippen LogP contribution in [-0.2, 0) is 16.1 Å². The van der Waals surface area contributed by atoms with Gasteiger partial charge in [-0.1, -0.05) is 35.3 Å². The van der Waals surface area contributed by atoms with Gasteiger partial charge in [0.1, 0.15) is 23.7 Å². The lowest BCUT2D eigenvalue weighted by atomic mass is 9.92. The van der Waals surface area contributed by atoms with Gasteiger partial charge >= 0.3 is 0 Å². The fourth-order valence-corrected chi connectivity index (χ4v) is 4.04. The summed E-state index contributed by atoms with van der Waals surface area (Å²) < 4.78 is 17.0. The van der Waals surface area contributed by atoms with Crippen LogP contribution < -0.4 is 9.47 Å². The third kappa shape index (κ3) is 6.51. The van der Waals surface area contributed by atoms with Crippen molar-refractivity contribution in [2.45, 2.75) is 25.0 Å². The molecule has 2 aromatic carbocycles. The molecule has 0 unspecified atom stereocenters. The summed E-state index contributed by atoms with van der Waals surface area (Å²) in [5.41, 5.74) is 0.648. The molecule has 32 heavy (non-hydrogen) atoms. The number of rotatable bonds is 9. The van der Waals surface area contributed by atoms with Crippen molar-refractivity contribution < 1.29 is 19.0 Å². The Bertz CT molecular complexity index is 917. The molecule has 8 heteroatoms. The summed E-state index contributed by atoms with van der Waals surface area (Å²) >= 11 is 12.0. The summed E-state index contributed by atoms with van der Waals surface area (Å²) in [6.45, 7) is 2.87. The lowest BCUT2D eigenvalue weighted by molar-refractivity contribution is -0.134. The number of likely N-dealkylation sites (tertiary alicyclic amines) is 1. The standard InChI is InChI=1S/C24H30Cl2N2O4/c1-27(15-18-5-4-6-19(13-18)30-2)23(29)16-28-11-9-24(31-3,10-12-28)17-32-20-7-8-21(25)22(26)14-20/h4-8,13-14H,9-12,15-17H2,1-3H3. The molecule has 2 aromatic rings. The molecule has 3 rings (SSSR count). The highest BCUT2D eigenvalue weighted by Gasteiger charge is 2.36. The largest absolute Gasteiger partial charge is 0.497 e. The number of ether oxygens (including phenoxy) is 3. The van der Waals surface area contributed by atoms with Crippen molar-refractivity contribution in [3.8, 4) is 11.5 Å². The van der Waals surface area contributed by atoms with Crippen molar-refractivity contribution in [1.29, 1.82) is 0 Å². The van der Waals surface area contributed by atoms with E-state index in [0.29, 0.717) is 35.5 Å². The number of piperidine rings is 1. The maximum absolute atomic E-state index is 12.7. The van der Waals surface area contributed by atoms with E-state index < -0.39 is 5.60 Å². The summed E-state index contributed by atoms with van der Waals surface area (Å²) in [5, 5.41) is 0.955. The van der Waals surface area contributed by atoms with Crippen LogP contribution in [0.25, 0.3) is 0 Å². The number of nitrogens with zero attached hydrogens (tertiary/aromatic N) is 2. The number of hydrogen-bond donors (Lipinski definition) is 0. The van der Waals surface area contributed by atoms with Crippen LogP contribution in [-0.4, -0.2) is 68.8 Å². The van der Waals surface area contributed by atoms with Gasteiger partial charge in [-0.05, 0) is 42.7 Å². The van der Waals surface area contributed by atoms with Crippen LogP contribution in [0.2, 0.25) is 10.0 Å². The van der Waals surface area contributed by atoms with Gasteiger partial charge < -0.3 is 19.1 Å². The molecule has 1 fully saturated rings. The van der Waals surface area contributed by atoms with E-state index in [2.05, 4.69) is 4.90 Å². The number of halogens is 2. The summed E-state index contributed by atoms with van der Waals surface area (Å²) in [6.07, 6.45) is 1.55. The third-order valence-electron chi connectivity index (χ3n) is 5.93. The first-order chi connectivity index (χ1) is 15.3. The number of carbonyl (C=O) groups excluding carboxylic acids is 1. The van der Waals surface area contributed by atoms with Crippen LogP contribution in [0, 0.1) is 0 Å². The Kier molecular flexibility index (Phi) is 8.65. The average Bonchev–Trinajstić information content (AvgIpc) is 2.81. The first kappa shape index (κ1) is 24.6. The van der Waals surface area contributed by atoms with Crippen molar-refractivity contribution in [2.75, 3.05) is 47.5 Å². The zero-order valence-corrected chi connectivity index (χ0v) is 20.3. The van der Waals surface area contributed by atoms with Gasteiger partial charge in [-0.25, -0.2) is 0 Å². The van der Waals surface area contributed by atoms with E-state index in [4.69, 9.17) is 37.4 Å². The number of methoxy groups -OCH3 is 2. The van der Waals surface area contributed by atoms with Crippen molar-refractivity contribution in [3.05, 3.63) is 58.1 Å². The predicted octanol–water partition coefficient (Wildman–Crippen LogP) is 4.52. The van der Waals surface area contributed by atoms with Crippen LogP contribution >= 0.6 is 23.2 Å². The summed E-state index contributed by atoms with van der Waals surface area (Å²) in [5.74, 6) is 1.54. The molecule has 0 radical (unpaired) electrons. The summed E-state index contributed by atoms with van der Waals surface area (Å²) in [7, 11) is 5.18. The second kappa shape index (κ2) is 11.2. The maximum Gasteiger partial charge on any atom is 0.236 e. The van der Waals surface area contributed by atoms with Gasteiger partial charge in [0.2, 0.25) is 5.91 Å². The van der Waals surface area contributed by atoms with E-state index in [9.17, 15) is 4.79 Å². The molecule has 1 saturated heterocycles. The van der Waals surface area contributed by atoms with Crippen LogP contribution in [0.15, 0.2) is 42.5 Å². The molecule has 6 nitrogen and oxygen atoms in total. The number of likely N-dealkylation sites (N-methyl/N-ethyl adjacent to an activating group) is 1. The Morgan fingerprint density at radius 2 is 1.81 bits per heavy atom. The molecule has 1 amide bonds. The fourth-order valence-electron chi connectivity index (χ4n) is 3.75. The van der Waals surface area contributed by atoms with Crippen molar-refractivity contribution >= 4 is 29.1 Å². The smallest absolute Gasteiger partial charge is 0.236 e. The first-order valence-corrected chi connectivity index (χ1v) is 11.3. The SMILES string of the molecule is COc1cccc(CN(C)C(=O)CN2CCC(COc3ccc(Cl)c(Cl)c3)(OC)CC2)c1. The molecule has 0 saturated carbocycles. The number of carbonyl (C=O) groups is 1. The van der Waals surface area contributed by atoms with Gasteiger partial charge in [-0.15, -0.1) is 0 Å². The molecular weight excluding hydrogens is 451 g/mol. The molecular formula is C24H30Cl2N2O4. The van der Waals surface area contributed by atoms with E-state index in [1.165, 1.54) is 0 Å². The van der Waals surface area contributed by atoms with Gasteiger partial charge in [-0.2, -0.15) is 0 Å². The van der Waals surface area contributed by atoms with Gasteiger partial charge in [0.25, 0.3) is 0 Å². The second-order valence-electron chi connectivity index (χ2n) is 8.13. The predicted molar refractivity (Wildman–Crippen MR) is 127 cm³/mol. The first-order valence-electron chi connectivity index (χ1n) is 10.6. The minimum absolute atomic E-state index is 0.0878. The Balaban J connectivity index is 1.48. The molecule has 0 atom stereocenters. The number of amides is 1. The van der Waals surface area contributed by atoms with Crippen LogP contribution in [0.5, 0.6) is 11.5 Å². The van der Waals surface area contributed by atoms with Gasteiger partial charge in [-0.3, -0.25) is 9.69 Å². The summed E-state index contributed by atoms with van der Waals surface area (Å²) in [4.78, 5) is 16.7. The Morgan fingerprint density at radius 1 is 1.06 bits per heavy atom. The number of benzene rings is 2. The van der Waals surface area contributed by atoms with Crippen molar-refractivity contribution in [3.63, 3.8) is 0 Å². The van der Waals surface area contributed by atoms with E-state index in [-0.39, 0.29) is 5.91 Å². The van der Waals surface area contributed by atoms with Crippen LogP contribution in [0.3, 0.4) is 0 Å². The molecule has 0 N–H and O–H groups in total. The molecule has 0 aliphatic carbocycles. The van der Waals surface area contributed by atoms with Crippen LogP contribution in [0.4, 0.5) is 0 Å². The lowest BCUT2D eigenvalue weighted by Gasteiger charge is -2.40. The molecule has 0 bridgehead atoms. The van der Waals surface area contributed by atoms with E-state index in [0.717, 1.165) is 37.2 Å². The average molecular weight is 481 g/mol. The molecule has 1 heterocycles. The van der Waals surface area contributed by atoms with Crippen LogP contribution in [0.1, 0.15) is 18.4 Å². The molecule has 0 spiro atoms. The van der Waals surface area contributed by atoms with E-state index >= 15 is 0 Å². The highest BCUT2D eigenvalue weighted by atomic mass is 35.5. The normalized spacial score (nSPS) is 15.9. The Hall–Kier alpha value is -1.99. The highest BCUT2D eigenvalue weighted by Crippen LogP contribution is 2.30. The highest BCUT2D eigenvalue weighted by molar-refractivity contribution is 6.42. The second-order valence-corrected chi connectivity index (χ2v) is 8.94. The lowest BCUT2D eigenvalue weighted by Crippen LogP contribution is -2.51.